The number of benzene rings is 3. The molecule has 0 fully saturated rings. The van der Waals surface area contributed by atoms with Gasteiger partial charge in [-0.1, -0.05) is 42.5 Å². The lowest BCUT2D eigenvalue weighted by atomic mass is 10.0. The van der Waals surface area contributed by atoms with Crippen molar-refractivity contribution in [3.05, 3.63) is 84.4 Å². The maximum atomic E-state index is 13.4. The minimum absolute atomic E-state index is 0.0513. The molecule has 0 radical (unpaired) electrons. The van der Waals surface area contributed by atoms with Crippen LogP contribution < -0.4 is 15.0 Å². The first kappa shape index (κ1) is 23.8. The summed E-state index contributed by atoms with van der Waals surface area (Å²) in [4.78, 5) is 15.4. The number of anilines is 2. The second-order valence-electron chi connectivity index (χ2n) is 8.46. The Kier molecular flexibility index (Phi) is 6.90. The number of carbonyl (C=O) groups excluding carboxylic acids is 1. The fraction of sp³-hybridized carbons (Fsp3) is 0.269. The van der Waals surface area contributed by atoms with Crippen molar-refractivity contribution in [3.63, 3.8) is 0 Å². The molecule has 1 aliphatic rings. The van der Waals surface area contributed by atoms with Gasteiger partial charge in [0.1, 0.15) is 12.4 Å². The SMILES string of the molecule is CC(C)N(C)S(=O)(=O)c1ccc(NCC(=O)N2c3ccccc3OCC2c2ccccc2)cc1. The number of fused-ring (bicyclic) bond motifs is 1. The smallest absolute Gasteiger partial charge is 0.247 e. The summed E-state index contributed by atoms with van der Waals surface area (Å²) in [5, 5.41) is 3.13. The summed E-state index contributed by atoms with van der Waals surface area (Å²) in [7, 11) is -1.99. The van der Waals surface area contributed by atoms with Gasteiger partial charge in [0.2, 0.25) is 15.9 Å². The number of sulfonamides is 1. The maximum absolute atomic E-state index is 13.4. The van der Waals surface area contributed by atoms with Crippen LogP contribution in [0.4, 0.5) is 11.4 Å². The van der Waals surface area contributed by atoms with Crippen molar-refractivity contribution in [2.45, 2.75) is 30.8 Å². The van der Waals surface area contributed by atoms with E-state index < -0.39 is 10.0 Å². The minimum Gasteiger partial charge on any atom is -0.489 e. The van der Waals surface area contributed by atoms with Crippen molar-refractivity contribution < 1.29 is 17.9 Å². The summed E-state index contributed by atoms with van der Waals surface area (Å²) in [5.41, 5.74) is 2.39. The molecule has 3 aromatic carbocycles. The zero-order valence-electron chi connectivity index (χ0n) is 19.5. The molecular formula is C26H29N3O4S. The monoisotopic (exact) mass is 479 g/mol. The van der Waals surface area contributed by atoms with Crippen LogP contribution in [0.5, 0.6) is 5.75 Å². The summed E-state index contributed by atoms with van der Waals surface area (Å²) in [6.45, 7) is 4.06. The lowest BCUT2D eigenvalue weighted by molar-refractivity contribution is -0.117. The number of carbonyl (C=O) groups is 1. The van der Waals surface area contributed by atoms with Crippen LogP contribution in [-0.4, -0.2) is 44.9 Å². The Balaban J connectivity index is 1.52. The van der Waals surface area contributed by atoms with Gasteiger partial charge in [0.25, 0.3) is 0 Å². The van der Waals surface area contributed by atoms with Crippen LogP contribution in [0, 0.1) is 0 Å². The highest BCUT2D eigenvalue weighted by atomic mass is 32.2. The zero-order valence-corrected chi connectivity index (χ0v) is 20.3. The number of rotatable bonds is 7. The van der Waals surface area contributed by atoms with E-state index in [-0.39, 0.29) is 29.4 Å². The molecule has 8 heteroatoms. The fourth-order valence-electron chi connectivity index (χ4n) is 3.87. The average molecular weight is 480 g/mol. The third-order valence-corrected chi connectivity index (χ3v) is 8.04. The topological polar surface area (TPSA) is 79.0 Å². The van der Waals surface area contributed by atoms with E-state index in [1.54, 1.807) is 36.2 Å². The highest BCUT2D eigenvalue weighted by molar-refractivity contribution is 7.89. The van der Waals surface area contributed by atoms with Crippen molar-refractivity contribution >= 4 is 27.3 Å². The van der Waals surface area contributed by atoms with Crippen molar-refractivity contribution in [1.82, 2.24) is 4.31 Å². The van der Waals surface area contributed by atoms with E-state index in [2.05, 4.69) is 5.32 Å². The Morgan fingerprint density at radius 2 is 1.68 bits per heavy atom. The molecule has 0 bridgehead atoms. The molecule has 0 aliphatic carbocycles. The van der Waals surface area contributed by atoms with E-state index >= 15 is 0 Å². The molecule has 7 nitrogen and oxygen atoms in total. The predicted octanol–water partition coefficient (Wildman–Crippen LogP) is 4.29. The Labute approximate surface area is 201 Å². The van der Waals surface area contributed by atoms with E-state index in [0.717, 1.165) is 11.3 Å². The zero-order chi connectivity index (χ0) is 24.3. The van der Waals surface area contributed by atoms with Gasteiger partial charge in [-0.25, -0.2) is 8.42 Å². The number of hydrogen-bond acceptors (Lipinski definition) is 5. The van der Waals surface area contributed by atoms with Crippen molar-refractivity contribution in [1.29, 1.82) is 0 Å². The maximum Gasteiger partial charge on any atom is 0.247 e. The second-order valence-corrected chi connectivity index (χ2v) is 10.5. The predicted molar refractivity (Wildman–Crippen MR) is 134 cm³/mol. The quantitative estimate of drug-likeness (QED) is 0.547. The number of ether oxygens (including phenoxy) is 1. The van der Waals surface area contributed by atoms with Crippen molar-refractivity contribution in [2.24, 2.45) is 0 Å². The van der Waals surface area contributed by atoms with Gasteiger partial charge in [-0.3, -0.25) is 9.69 Å². The summed E-state index contributed by atoms with van der Waals surface area (Å²) in [5.74, 6) is 0.563. The Hall–Kier alpha value is -3.36. The van der Waals surface area contributed by atoms with Crippen LogP contribution in [0.25, 0.3) is 0 Å². The Morgan fingerprint density at radius 1 is 1.03 bits per heavy atom. The van der Waals surface area contributed by atoms with Crippen molar-refractivity contribution in [2.75, 3.05) is 30.4 Å². The van der Waals surface area contributed by atoms with Gasteiger partial charge in [-0.05, 0) is 55.8 Å². The molecule has 34 heavy (non-hydrogen) atoms. The van der Waals surface area contributed by atoms with E-state index in [1.165, 1.54) is 4.31 Å². The summed E-state index contributed by atoms with van der Waals surface area (Å²) >= 11 is 0. The van der Waals surface area contributed by atoms with Crippen LogP contribution in [-0.2, 0) is 14.8 Å². The van der Waals surface area contributed by atoms with Gasteiger partial charge in [0, 0.05) is 18.8 Å². The van der Waals surface area contributed by atoms with Gasteiger partial charge >= 0.3 is 0 Å². The van der Waals surface area contributed by atoms with Gasteiger partial charge in [0.05, 0.1) is 23.2 Å². The lowest BCUT2D eigenvalue weighted by Gasteiger charge is -2.37. The van der Waals surface area contributed by atoms with Crippen molar-refractivity contribution in [3.8, 4) is 5.75 Å². The number of nitrogens with zero attached hydrogens (tertiary/aromatic N) is 2. The first-order valence-electron chi connectivity index (χ1n) is 11.2. The normalized spacial score (nSPS) is 15.7. The molecule has 1 unspecified atom stereocenters. The molecule has 0 saturated heterocycles. The molecule has 0 aromatic heterocycles. The average Bonchev–Trinajstić information content (AvgIpc) is 2.86. The summed E-state index contributed by atoms with van der Waals surface area (Å²) in [6.07, 6.45) is 0. The molecule has 0 spiro atoms. The summed E-state index contributed by atoms with van der Waals surface area (Å²) < 4.78 is 32.6. The molecule has 0 saturated carbocycles. The molecule has 178 valence electrons. The van der Waals surface area contributed by atoms with E-state index in [4.69, 9.17) is 4.74 Å². The number of amides is 1. The minimum atomic E-state index is -3.56. The molecule has 3 aromatic rings. The standard InChI is InChI=1S/C26H29N3O4S/c1-19(2)28(3)34(31,32)22-15-13-21(14-16-22)27-17-26(30)29-23-11-7-8-12-25(23)33-18-24(29)20-9-5-4-6-10-20/h4-16,19,24,27H,17-18H2,1-3H3. The van der Waals surface area contributed by atoms with E-state index in [1.807, 2.05) is 68.4 Å². The fourth-order valence-corrected chi connectivity index (χ4v) is 5.24. The van der Waals surface area contributed by atoms with E-state index in [0.29, 0.717) is 18.0 Å². The number of para-hydroxylation sites is 2. The molecule has 1 amide bonds. The number of nitrogens with one attached hydrogen (secondary N) is 1. The highest BCUT2D eigenvalue weighted by Crippen LogP contribution is 2.39. The van der Waals surface area contributed by atoms with Gasteiger partial charge in [-0.15, -0.1) is 0 Å². The van der Waals surface area contributed by atoms with Crippen LogP contribution in [0.15, 0.2) is 83.8 Å². The molecule has 1 atom stereocenters. The molecule has 1 aliphatic heterocycles. The van der Waals surface area contributed by atoms with Crippen LogP contribution >= 0.6 is 0 Å². The van der Waals surface area contributed by atoms with Gasteiger partial charge in [0.15, 0.2) is 0 Å². The van der Waals surface area contributed by atoms with Crippen LogP contribution in [0.2, 0.25) is 0 Å². The van der Waals surface area contributed by atoms with Crippen LogP contribution in [0.3, 0.4) is 0 Å². The largest absolute Gasteiger partial charge is 0.489 e. The summed E-state index contributed by atoms with van der Waals surface area (Å²) in [6, 6.07) is 23.4. The molecular weight excluding hydrogens is 450 g/mol. The number of hydrogen-bond donors (Lipinski definition) is 1. The molecule has 1 N–H and O–H groups in total. The first-order valence-corrected chi connectivity index (χ1v) is 12.6. The van der Waals surface area contributed by atoms with Gasteiger partial charge in [-0.2, -0.15) is 4.31 Å². The molecule has 1 heterocycles. The Morgan fingerprint density at radius 3 is 2.35 bits per heavy atom. The Bertz CT molecular complexity index is 1240. The first-order chi connectivity index (χ1) is 16.3. The van der Waals surface area contributed by atoms with Gasteiger partial charge < -0.3 is 10.1 Å². The third kappa shape index (κ3) is 4.78. The van der Waals surface area contributed by atoms with E-state index in [9.17, 15) is 13.2 Å². The van der Waals surface area contributed by atoms with Crippen LogP contribution in [0.1, 0.15) is 25.5 Å². The molecule has 4 rings (SSSR count). The second kappa shape index (κ2) is 9.87. The highest BCUT2D eigenvalue weighted by Gasteiger charge is 2.33. The lowest BCUT2D eigenvalue weighted by Crippen LogP contribution is -2.43. The third-order valence-electron chi connectivity index (χ3n) is 5.99.